The zero-order valence-electron chi connectivity index (χ0n) is 10.6. The van der Waals surface area contributed by atoms with Crippen LogP contribution >= 0.6 is 0 Å². The highest BCUT2D eigenvalue weighted by Gasteiger charge is 2.11. The molecule has 0 amide bonds. The van der Waals surface area contributed by atoms with Crippen LogP contribution in [0.3, 0.4) is 0 Å². The second-order valence-corrected chi connectivity index (χ2v) is 5.01. The zero-order valence-corrected chi connectivity index (χ0v) is 10.6. The van der Waals surface area contributed by atoms with Crippen LogP contribution in [0.2, 0.25) is 0 Å². The molecule has 0 aliphatic rings. The van der Waals surface area contributed by atoms with E-state index in [1.54, 1.807) is 12.1 Å². The number of aromatic nitrogens is 2. The Kier molecular flexibility index (Phi) is 3.45. The van der Waals surface area contributed by atoms with Crippen molar-refractivity contribution >= 4 is 10.9 Å². The lowest BCUT2D eigenvalue weighted by atomic mass is 10.1. The van der Waals surface area contributed by atoms with Crippen molar-refractivity contribution in [3.8, 4) is 0 Å². The Labute approximate surface area is 105 Å². The first-order valence-corrected chi connectivity index (χ1v) is 5.80. The number of nitrogens with one attached hydrogen (secondary N) is 1. The number of aromatic amines is 1. The average molecular weight is 247 g/mol. The summed E-state index contributed by atoms with van der Waals surface area (Å²) in [7, 11) is 0. The number of hydrogen-bond acceptors (Lipinski definition) is 4. The molecular weight excluding hydrogens is 230 g/mol. The van der Waals surface area contributed by atoms with Gasteiger partial charge >= 0.3 is 0 Å². The third-order valence-electron chi connectivity index (χ3n) is 2.37. The minimum Gasteiger partial charge on any atom is -0.372 e. The topological polar surface area (TPSA) is 81.0 Å². The fourth-order valence-corrected chi connectivity index (χ4v) is 1.61. The lowest BCUT2D eigenvalue weighted by molar-refractivity contribution is 0.0808. The molecule has 0 bridgehead atoms. The van der Waals surface area contributed by atoms with Crippen LogP contribution in [-0.4, -0.2) is 22.1 Å². The number of H-pyrrole nitrogens is 1. The van der Waals surface area contributed by atoms with E-state index in [-0.39, 0.29) is 12.2 Å². The van der Waals surface area contributed by atoms with Gasteiger partial charge in [-0.2, -0.15) is 0 Å². The van der Waals surface area contributed by atoms with E-state index in [0.717, 1.165) is 0 Å². The van der Waals surface area contributed by atoms with E-state index in [1.165, 1.54) is 0 Å². The molecule has 2 aromatic rings. The minimum atomic E-state index is -0.392. The van der Waals surface area contributed by atoms with Gasteiger partial charge < -0.3 is 15.5 Å². The molecule has 0 atom stereocenters. The number of rotatable bonds is 4. The number of fused-ring (bicyclic) bond motifs is 1. The molecule has 1 heterocycles. The summed E-state index contributed by atoms with van der Waals surface area (Å²) in [5, 5.41) is 0.584. The van der Waals surface area contributed by atoms with E-state index in [0.29, 0.717) is 23.3 Å². The Bertz CT molecular complexity index is 599. The van der Waals surface area contributed by atoms with Crippen molar-refractivity contribution < 1.29 is 4.74 Å². The first-order chi connectivity index (χ1) is 8.46. The number of nitrogens with zero attached hydrogens (tertiary/aromatic N) is 1. The van der Waals surface area contributed by atoms with Crippen molar-refractivity contribution in [2.45, 2.75) is 26.0 Å². The quantitative estimate of drug-likeness (QED) is 0.850. The van der Waals surface area contributed by atoms with Crippen LogP contribution < -0.4 is 11.3 Å². The minimum absolute atomic E-state index is 0.147. The Morgan fingerprint density at radius 1 is 1.39 bits per heavy atom. The van der Waals surface area contributed by atoms with Gasteiger partial charge in [-0.05, 0) is 26.0 Å². The molecule has 0 aliphatic heterocycles. The fourth-order valence-electron chi connectivity index (χ4n) is 1.61. The van der Waals surface area contributed by atoms with Gasteiger partial charge in [-0.1, -0.05) is 12.1 Å². The van der Waals surface area contributed by atoms with Crippen molar-refractivity contribution in [2.75, 3.05) is 6.61 Å². The van der Waals surface area contributed by atoms with Crippen LogP contribution in [0.25, 0.3) is 10.9 Å². The maximum absolute atomic E-state index is 11.8. The van der Waals surface area contributed by atoms with Crippen LogP contribution in [-0.2, 0) is 11.3 Å². The molecule has 0 saturated carbocycles. The van der Waals surface area contributed by atoms with Gasteiger partial charge in [-0.15, -0.1) is 0 Å². The summed E-state index contributed by atoms with van der Waals surface area (Å²) >= 11 is 0. The fraction of sp³-hybridized carbons (Fsp3) is 0.385. The molecular formula is C13H17N3O2. The third kappa shape index (κ3) is 3.15. The molecule has 18 heavy (non-hydrogen) atoms. The van der Waals surface area contributed by atoms with Crippen molar-refractivity contribution in [3.05, 3.63) is 40.4 Å². The van der Waals surface area contributed by atoms with Gasteiger partial charge in [0.2, 0.25) is 0 Å². The van der Waals surface area contributed by atoms with Crippen LogP contribution in [0.1, 0.15) is 19.7 Å². The van der Waals surface area contributed by atoms with E-state index in [9.17, 15) is 4.79 Å². The Hall–Kier alpha value is -1.72. The summed E-state index contributed by atoms with van der Waals surface area (Å²) in [6, 6.07) is 7.21. The molecule has 0 unspecified atom stereocenters. The second-order valence-electron chi connectivity index (χ2n) is 5.01. The first-order valence-electron chi connectivity index (χ1n) is 5.80. The molecule has 0 radical (unpaired) electrons. The van der Waals surface area contributed by atoms with Crippen molar-refractivity contribution in [2.24, 2.45) is 5.73 Å². The van der Waals surface area contributed by atoms with Crippen LogP contribution in [0.4, 0.5) is 0 Å². The lowest BCUT2D eigenvalue weighted by Crippen LogP contribution is -2.37. The monoisotopic (exact) mass is 247 g/mol. The maximum Gasteiger partial charge on any atom is 0.258 e. The maximum atomic E-state index is 11.8. The number of para-hydroxylation sites is 1. The predicted molar refractivity (Wildman–Crippen MR) is 70.3 cm³/mol. The number of benzene rings is 1. The lowest BCUT2D eigenvalue weighted by Gasteiger charge is -2.17. The SMILES string of the molecule is CC(C)(N)COCc1nc2ccccc2c(=O)[nH]1. The summed E-state index contributed by atoms with van der Waals surface area (Å²) in [6.45, 7) is 4.41. The van der Waals surface area contributed by atoms with Gasteiger partial charge in [-0.25, -0.2) is 4.98 Å². The van der Waals surface area contributed by atoms with E-state index < -0.39 is 5.54 Å². The first kappa shape index (κ1) is 12.7. The van der Waals surface area contributed by atoms with E-state index >= 15 is 0 Å². The van der Waals surface area contributed by atoms with Gasteiger partial charge in [0.05, 0.1) is 17.5 Å². The molecule has 0 aliphatic carbocycles. The zero-order chi connectivity index (χ0) is 13.2. The smallest absolute Gasteiger partial charge is 0.258 e. The normalized spacial score (nSPS) is 11.9. The summed E-state index contributed by atoms with van der Waals surface area (Å²) in [6.07, 6.45) is 0. The molecule has 96 valence electrons. The Morgan fingerprint density at radius 3 is 2.83 bits per heavy atom. The van der Waals surface area contributed by atoms with Crippen LogP contribution in [0.15, 0.2) is 29.1 Å². The predicted octanol–water partition coefficient (Wildman–Crippen LogP) is 1.18. The molecule has 0 fully saturated rings. The van der Waals surface area contributed by atoms with Crippen LogP contribution in [0, 0.1) is 0 Å². The summed E-state index contributed by atoms with van der Waals surface area (Å²) < 4.78 is 5.43. The molecule has 3 N–H and O–H groups in total. The number of hydrogen-bond donors (Lipinski definition) is 2. The van der Waals surface area contributed by atoms with E-state index in [2.05, 4.69) is 9.97 Å². The molecule has 1 aromatic carbocycles. The largest absolute Gasteiger partial charge is 0.372 e. The second kappa shape index (κ2) is 4.88. The summed E-state index contributed by atoms with van der Waals surface area (Å²) in [4.78, 5) is 18.8. The van der Waals surface area contributed by atoms with Gasteiger partial charge in [0.15, 0.2) is 0 Å². The van der Waals surface area contributed by atoms with E-state index in [1.807, 2.05) is 26.0 Å². The Balaban J connectivity index is 2.17. The number of ether oxygens (including phenoxy) is 1. The third-order valence-corrected chi connectivity index (χ3v) is 2.37. The van der Waals surface area contributed by atoms with Crippen molar-refractivity contribution in [1.29, 1.82) is 0 Å². The summed E-state index contributed by atoms with van der Waals surface area (Å²) in [5.74, 6) is 0.517. The van der Waals surface area contributed by atoms with Gasteiger partial charge in [0.1, 0.15) is 12.4 Å². The Morgan fingerprint density at radius 2 is 2.11 bits per heavy atom. The van der Waals surface area contributed by atoms with Crippen molar-refractivity contribution in [1.82, 2.24) is 9.97 Å². The highest BCUT2D eigenvalue weighted by molar-refractivity contribution is 5.77. The van der Waals surface area contributed by atoms with E-state index in [4.69, 9.17) is 10.5 Å². The number of nitrogens with two attached hydrogens (primary N) is 1. The highest BCUT2D eigenvalue weighted by Crippen LogP contribution is 2.06. The molecule has 0 saturated heterocycles. The van der Waals surface area contributed by atoms with Gasteiger partial charge in [0, 0.05) is 5.54 Å². The molecule has 5 nitrogen and oxygen atoms in total. The van der Waals surface area contributed by atoms with Crippen molar-refractivity contribution in [3.63, 3.8) is 0 Å². The van der Waals surface area contributed by atoms with Gasteiger partial charge in [0.25, 0.3) is 5.56 Å². The molecule has 2 rings (SSSR count). The molecule has 5 heteroatoms. The average Bonchev–Trinajstić information content (AvgIpc) is 2.27. The summed E-state index contributed by atoms with van der Waals surface area (Å²) in [5.41, 5.74) is 5.94. The molecule has 1 aromatic heterocycles. The highest BCUT2D eigenvalue weighted by atomic mass is 16.5. The standard InChI is InChI=1S/C13H17N3O2/c1-13(2,14)8-18-7-11-15-10-6-4-3-5-9(10)12(17)16-11/h3-6H,7-8,14H2,1-2H3,(H,15,16,17). The van der Waals surface area contributed by atoms with Crippen LogP contribution in [0.5, 0.6) is 0 Å². The molecule has 0 spiro atoms. The van der Waals surface area contributed by atoms with Gasteiger partial charge in [-0.3, -0.25) is 4.79 Å².